The van der Waals surface area contributed by atoms with Gasteiger partial charge in [0.15, 0.2) is 0 Å². The van der Waals surface area contributed by atoms with Gasteiger partial charge < -0.3 is 4.90 Å². The molecule has 1 heterocycles. The topological polar surface area (TPSA) is 33.2 Å². The Balaban J connectivity index is 2.46. The molecule has 1 amide bonds. The molecular formula is C14H13ClN2O. The molecule has 0 unspecified atom stereocenters. The lowest BCUT2D eigenvalue weighted by atomic mass is 10.1. The molecule has 0 saturated heterocycles. The first kappa shape index (κ1) is 12.6. The number of carbonyl (C=O) groups is 1. The monoisotopic (exact) mass is 260 g/mol. The normalized spacial score (nSPS) is 10.3. The second-order valence-corrected chi connectivity index (χ2v) is 4.35. The van der Waals surface area contributed by atoms with Crippen LogP contribution in [-0.2, 0) is 0 Å². The van der Waals surface area contributed by atoms with Crippen molar-refractivity contribution in [2.24, 2.45) is 0 Å². The van der Waals surface area contributed by atoms with Crippen molar-refractivity contribution < 1.29 is 4.79 Å². The van der Waals surface area contributed by atoms with Crippen LogP contribution in [0.2, 0.25) is 5.15 Å². The maximum absolute atomic E-state index is 12.1. The highest BCUT2D eigenvalue weighted by atomic mass is 35.5. The van der Waals surface area contributed by atoms with Gasteiger partial charge in [-0.15, -0.1) is 6.58 Å². The van der Waals surface area contributed by atoms with Crippen molar-refractivity contribution in [3.8, 4) is 0 Å². The molecule has 4 heteroatoms. The van der Waals surface area contributed by atoms with Crippen molar-refractivity contribution in [2.75, 3.05) is 13.6 Å². The second-order valence-electron chi connectivity index (χ2n) is 3.99. The fraction of sp³-hybridized carbons (Fsp3) is 0.143. The van der Waals surface area contributed by atoms with Crippen LogP contribution < -0.4 is 0 Å². The van der Waals surface area contributed by atoms with Crippen LogP contribution in [0.3, 0.4) is 0 Å². The molecule has 0 radical (unpaired) electrons. The quantitative estimate of drug-likeness (QED) is 0.627. The Morgan fingerprint density at radius 2 is 2.22 bits per heavy atom. The van der Waals surface area contributed by atoms with Crippen LogP contribution in [0.1, 0.15) is 10.5 Å². The van der Waals surface area contributed by atoms with Crippen LogP contribution in [0.25, 0.3) is 10.8 Å². The molecule has 18 heavy (non-hydrogen) atoms. The Labute approximate surface area is 111 Å². The van der Waals surface area contributed by atoms with E-state index in [0.717, 1.165) is 10.8 Å². The van der Waals surface area contributed by atoms with Crippen LogP contribution >= 0.6 is 11.6 Å². The molecule has 1 aromatic heterocycles. The zero-order valence-corrected chi connectivity index (χ0v) is 10.8. The summed E-state index contributed by atoms with van der Waals surface area (Å²) >= 11 is 6.09. The number of likely N-dealkylation sites (N-methyl/N-ethyl adjacent to an activating group) is 1. The molecule has 0 spiro atoms. The van der Waals surface area contributed by atoms with Crippen molar-refractivity contribution in [1.29, 1.82) is 0 Å². The number of amides is 1. The highest BCUT2D eigenvalue weighted by Gasteiger charge is 2.14. The van der Waals surface area contributed by atoms with Crippen molar-refractivity contribution in [1.82, 2.24) is 9.88 Å². The maximum atomic E-state index is 12.1. The van der Waals surface area contributed by atoms with E-state index in [4.69, 9.17) is 11.6 Å². The van der Waals surface area contributed by atoms with Crippen LogP contribution in [0.4, 0.5) is 0 Å². The third-order valence-electron chi connectivity index (χ3n) is 2.66. The summed E-state index contributed by atoms with van der Waals surface area (Å²) in [7, 11) is 1.70. The van der Waals surface area contributed by atoms with E-state index in [1.54, 1.807) is 24.1 Å². The third-order valence-corrected chi connectivity index (χ3v) is 2.95. The Morgan fingerprint density at radius 1 is 1.50 bits per heavy atom. The maximum Gasteiger partial charge on any atom is 0.272 e. The Hall–Kier alpha value is -1.87. The summed E-state index contributed by atoms with van der Waals surface area (Å²) < 4.78 is 0. The molecule has 0 atom stereocenters. The van der Waals surface area contributed by atoms with E-state index in [1.807, 2.05) is 24.3 Å². The van der Waals surface area contributed by atoms with Gasteiger partial charge >= 0.3 is 0 Å². The molecular weight excluding hydrogens is 248 g/mol. The van der Waals surface area contributed by atoms with Gasteiger partial charge in [0, 0.05) is 19.0 Å². The van der Waals surface area contributed by atoms with Gasteiger partial charge in [0.05, 0.1) is 0 Å². The lowest BCUT2D eigenvalue weighted by Gasteiger charge is -2.14. The van der Waals surface area contributed by atoms with Gasteiger partial charge in [-0.3, -0.25) is 4.79 Å². The molecule has 0 aliphatic heterocycles. The molecule has 0 aliphatic carbocycles. The number of halogens is 1. The average Bonchev–Trinajstić information content (AvgIpc) is 2.38. The van der Waals surface area contributed by atoms with Crippen molar-refractivity contribution in [2.45, 2.75) is 0 Å². The van der Waals surface area contributed by atoms with Gasteiger partial charge in [-0.1, -0.05) is 41.9 Å². The Morgan fingerprint density at radius 3 is 2.94 bits per heavy atom. The van der Waals surface area contributed by atoms with Crippen LogP contribution in [-0.4, -0.2) is 29.4 Å². The van der Waals surface area contributed by atoms with Crippen molar-refractivity contribution in [3.05, 3.63) is 53.8 Å². The summed E-state index contributed by atoms with van der Waals surface area (Å²) in [6.07, 6.45) is 1.67. The molecule has 0 bridgehead atoms. The summed E-state index contributed by atoms with van der Waals surface area (Å²) in [4.78, 5) is 17.8. The number of pyridine rings is 1. The lowest BCUT2D eigenvalue weighted by Crippen LogP contribution is -2.27. The third kappa shape index (κ3) is 2.36. The predicted molar refractivity (Wildman–Crippen MR) is 73.9 cm³/mol. The molecule has 3 nitrogen and oxygen atoms in total. The summed E-state index contributed by atoms with van der Waals surface area (Å²) in [6.45, 7) is 4.08. The van der Waals surface area contributed by atoms with Crippen molar-refractivity contribution in [3.63, 3.8) is 0 Å². The number of hydrogen-bond acceptors (Lipinski definition) is 2. The van der Waals surface area contributed by atoms with E-state index >= 15 is 0 Å². The number of hydrogen-bond donors (Lipinski definition) is 0. The van der Waals surface area contributed by atoms with E-state index in [2.05, 4.69) is 11.6 Å². The smallest absolute Gasteiger partial charge is 0.272 e. The van der Waals surface area contributed by atoms with E-state index in [-0.39, 0.29) is 5.91 Å². The van der Waals surface area contributed by atoms with Crippen molar-refractivity contribution >= 4 is 28.3 Å². The van der Waals surface area contributed by atoms with Crippen LogP contribution in [0.15, 0.2) is 43.0 Å². The summed E-state index contributed by atoms with van der Waals surface area (Å²) in [5.74, 6) is -0.164. The second kappa shape index (κ2) is 5.19. The average molecular weight is 261 g/mol. The van der Waals surface area contributed by atoms with Gasteiger partial charge in [-0.2, -0.15) is 0 Å². The van der Waals surface area contributed by atoms with Gasteiger partial charge in [-0.25, -0.2) is 4.98 Å². The highest BCUT2D eigenvalue weighted by molar-refractivity contribution is 6.34. The van der Waals surface area contributed by atoms with Gasteiger partial charge in [0.1, 0.15) is 10.8 Å². The largest absolute Gasteiger partial charge is 0.337 e. The molecule has 1 aromatic carbocycles. The standard InChI is InChI=1S/C14H13ClN2O/c1-3-8-17(2)14(18)12-9-10-6-4-5-7-11(10)13(15)16-12/h3-7,9H,1,8H2,2H3. The van der Waals surface area contributed by atoms with Crippen LogP contribution in [0, 0.1) is 0 Å². The zero-order valence-electron chi connectivity index (χ0n) is 10.1. The number of carbonyl (C=O) groups excluding carboxylic acids is 1. The number of aromatic nitrogens is 1. The van der Waals surface area contributed by atoms with E-state index < -0.39 is 0 Å². The molecule has 2 aromatic rings. The molecule has 0 N–H and O–H groups in total. The summed E-state index contributed by atoms with van der Waals surface area (Å²) in [5.41, 5.74) is 0.350. The molecule has 0 saturated carbocycles. The minimum Gasteiger partial charge on any atom is -0.337 e. The lowest BCUT2D eigenvalue weighted by molar-refractivity contribution is 0.0805. The first-order valence-corrected chi connectivity index (χ1v) is 5.93. The Bertz CT molecular complexity index is 610. The first-order valence-electron chi connectivity index (χ1n) is 5.55. The minimum absolute atomic E-state index is 0.164. The number of fused-ring (bicyclic) bond motifs is 1. The number of nitrogens with zero attached hydrogens (tertiary/aromatic N) is 2. The fourth-order valence-electron chi connectivity index (χ4n) is 1.74. The molecule has 2 rings (SSSR count). The number of benzene rings is 1. The highest BCUT2D eigenvalue weighted by Crippen LogP contribution is 2.22. The molecule has 0 fully saturated rings. The van der Waals surface area contributed by atoms with E-state index in [0.29, 0.717) is 17.4 Å². The van der Waals surface area contributed by atoms with Gasteiger partial charge in [0.25, 0.3) is 5.91 Å². The van der Waals surface area contributed by atoms with Crippen LogP contribution in [0.5, 0.6) is 0 Å². The fourth-order valence-corrected chi connectivity index (χ4v) is 2.00. The summed E-state index contributed by atoms with van der Waals surface area (Å²) in [5, 5.41) is 2.11. The Kier molecular flexibility index (Phi) is 3.63. The molecule has 0 aliphatic rings. The van der Waals surface area contributed by atoms with E-state index in [9.17, 15) is 4.79 Å². The zero-order chi connectivity index (χ0) is 13.1. The van der Waals surface area contributed by atoms with Gasteiger partial charge in [-0.05, 0) is 11.5 Å². The van der Waals surface area contributed by atoms with E-state index in [1.165, 1.54) is 0 Å². The minimum atomic E-state index is -0.164. The SMILES string of the molecule is C=CCN(C)C(=O)c1cc2ccccc2c(Cl)n1. The molecule has 92 valence electrons. The van der Waals surface area contributed by atoms with Gasteiger partial charge in [0.2, 0.25) is 0 Å². The predicted octanol–water partition coefficient (Wildman–Crippen LogP) is 3.15. The first-order chi connectivity index (χ1) is 8.63. The number of rotatable bonds is 3. The summed E-state index contributed by atoms with van der Waals surface area (Å²) in [6, 6.07) is 9.34.